The van der Waals surface area contributed by atoms with Crippen LogP contribution in [0.3, 0.4) is 0 Å². The predicted octanol–water partition coefficient (Wildman–Crippen LogP) is 1.53. The van der Waals surface area contributed by atoms with Gasteiger partial charge in [0.05, 0.1) is 12.1 Å². The SMILES string of the molecule is CN1N=C(c2ccc(F)cc2F)CC1=O. The summed E-state index contributed by atoms with van der Waals surface area (Å²) in [6.45, 7) is 0. The van der Waals surface area contributed by atoms with Crippen molar-refractivity contribution in [1.82, 2.24) is 5.01 Å². The van der Waals surface area contributed by atoms with Crippen molar-refractivity contribution in [2.24, 2.45) is 5.10 Å². The molecule has 0 N–H and O–H groups in total. The third-order valence-electron chi connectivity index (χ3n) is 2.19. The van der Waals surface area contributed by atoms with E-state index >= 15 is 0 Å². The summed E-state index contributed by atoms with van der Waals surface area (Å²) in [4.78, 5) is 11.2. The number of benzene rings is 1. The lowest BCUT2D eigenvalue weighted by Gasteiger charge is -2.00. The van der Waals surface area contributed by atoms with Crippen molar-refractivity contribution in [3.05, 3.63) is 35.4 Å². The average molecular weight is 210 g/mol. The number of rotatable bonds is 1. The molecule has 0 fully saturated rings. The number of nitrogens with zero attached hydrogens (tertiary/aromatic N) is 2. The molecule has 78 valence electrons. The van der Waals surface area contributed by atoms with E-state index in [1.807, 2.05) is 0 Å². The molecule has 1 aromatic rings. The standard InChI is InChI=1S/C10H8F2N2O/c1-14-10(15)5-9(13-14)7-3-2-6(11)4-8(7)12/h2-4H,5H2,1H3. The van der Waals surface area contributed by atoms with Gasteiger partial charge in [-0.2, -0.15) is 5.10 Å². The Balaban J connectivity index is 2.39. The van der Waals surface area contributed by atoms with Crippen LogP contribution in [-0.4, -0.2) is 23.7 Å². The number of amides is 1. The van der Waals surface area contributed by atoms with E-state index in [4.69, 9.17) is 0 Å². The molecule has 0 unspecified atom stereocenters. The van der Waals surface area contributed by atoms with Crippen molar-refractivity contribution in [3.63, 3.8) is 0 Å². The molecule has 0 spiro atoms. The van der Waals surface area contributed by atoms with Crippen molar-refractivity contribution in [2.45, 2.75) is 6.42 Å². The Bertz CT molecular complexity index is 457. The molecule has 0 aliphatic carbocycles. The Hall–Kier alpha value is -1.78. The lowest BCUT2D eigenvalue weighted by molar-refractivity contribution is -0.127. The quantitative estimate of drug-likeness (QED) is 0.691. The van der Waals surface area contributed by atoms with Gasteiger partial charge in [0.2, 0.25) is 5.91 Å². The van der Waals surface area contributed by atoms with Crippen LogP contribution in [-0.2, 0) is 4.79 Å². The normalized spacial score (nSPS) is 15.8. The number of carbonyl (C=O) groups excluding carboxylic acids is 1. The molecule has 1 amide bonds. The van der Waals surface area contributed by atoms with Crippen molar-refractivity contribution in [2.75, 3.05) is 7.05 Å². The summed E-state index contributed by atoms with van der Waals surface area (Å²) in [5.41, 5.74) is 0.508. The van der Waals surface area contributed by atoms with Gasteiger partial charge in [-0.15, -0.1) is 0 Å². The summed E-state index contributed by atoms with van der Waals surface area (Å²) in [6.07, 6.45) is 0.0546. The molecule has 1 aliphatic rings. The van der Waals surface area contributed by atoms with Crippen LogP contribution in [0.4, 0.5) is 8.78 Å². The maximum Gasteiger partial charge on any atom is 0.248 e. The Morgan fingerprint density at radius 3 is 2.67 bits per heavy atom. The molecule has 1 aliphatic heterocycles. The molecule has 3 nitrogen and oxygen atoms in total. The molecular formula is C10H8F2N2O. The second kappa shape index (κ2) is 3.42. The van der Waals surface area contributed by atoms with Crippen molar-refractivity contribution in [1.29, 1.82) is 0 Å². The average Bonchev–Trinajstić information content (AvgIpc) is 2.46. The van der Waals surface area contributed by atoms with E-state index in [1.165, 1.54) is 13.1 Å². The summed E-state index contributed by atoms with van der Waals surface area (Å²) in [5.74, 6) is -1.54. The fourth-order valence-corrected chi connectivity index (χ4v) is 1.40. The second-order valence-electron chi connectivity index (χ2n) is 3.26. The van der Waals surface area contributed by atoms with Crippen LogP contribution < -0.4 is 0 Å². The van der Waals surface area contributed by atoms with E-state index in [0.717, 1.165) is 17.1 Å². The zero-order chi connectivity index (χ0) is 11.0. The van der Waals surface area contributed by atoms with E-state index in [1.54, 1.807) is 0 Å². The van der Waals surface area contributed by atoms with Crippen LogP contribution in [0.25, 0.3) is 0 Å². The van der Waals surface area contributed by atoms with Crippen LogP contribution in [0.2, 0.25) is 0 Å². The first-order valence-corrected chi connectivity index (χ1v) is 4.37. The van der Waals surface area contributed by atoms with Gasteiger partial charge < -0.3 is 0 Å². The van der Waals surface area contributed by atoms with Gasteiger partial charge in [-0.25, -0.2) is 13.8 Å². The number of halogens is 2. The first kappa shape index (κ1) is 9.76. The van der Waals surface area contributed by atoms with Crippen molar-refractivity contribution < 1.29 is 13.6 Å². The van der Waals surface area contributed by atoms with Crippen LogP contribution in [0.1, 0.15) is 12.0 Å². The van der Waals surface area contributed by atoms with Crippen molar-refractivity contribution in [3.8, 4) is 0 Å². The highest BCUT2D eigenvalue weighted by atomic mass is 19.1. The second-order valence-corrected chi connectivity index (χ2v) is 3.26. The van der Waals surface area contributed by atoms with Crippen LogP contribution in [0.15, 0.2) is 23.3 Å². The fourth-order valence-electron chi connectivity index (χ4n) is 1.40. The lowest BCUT2D eigenvalue weighted by atomic mass is 10.1. The van der Waals surface area contributed by atoms with Gasteiger partial charge in [0.25, 0.3) is 0 Å². The molecule has 1 heterocycles. The third-order valence-corrected chi connectivity index (χ3v) is 2.19. The fraction of sp³-hybridized carbons (Fsp3) is 0.200. The maximum atomic E-state index is 13.3. The smallest absolute Gasteiger partial charge is 0.248 e. The van der Waals surface area contributed by atoms with Crippen molar-refractivity contribution >= 4 is 11.6 Å². The largest absolute Gasteiger partial charge is 0.273 e. The molecule has 0 saturated heterocycles. The summed E-state index contributed by atoms with van der Waals surface area (Å²) >= 11 is 0. The molecule has 0 radical (unpaired) electrons. The Morgan fingerprint density at radius 1 is 1.40 bits per heavy atom. The predicted molar refractivity (Wildman–Crippen MR) is 50.3 cm³/mol. The van der Waals surface area contributed by atoms with Gasteiger partial charge in [-0.05, 0) is 12.1 Å². The zero-order valence-corrected chi connectivity index (χ0v) is 8.00. The monoisotopic (exact) mass is 210 g/mol. The number of carbonyl (C=O) groups is 1. The van der Waals surface area contributed by atoms with Crippen LogP contribution in [0.5, 0.6) is 0 Å². The summed E-state index contributed by atoms with van der Waals surface area (Å²) < 4.78 is 25.9. The van der Waals surface area contributed by atoms with Gasteiger partial charge in [0.15, 0.2) is 0 Å². The summed E-state index contributed by atoms with van der Waals surface area (Å²) in [7, 11) is 1.50. The van der Waals surface area contributed by atoms with Gasteiger partial charge in [-0.3, -0.25) is 4.79 Å². The van der Waals surface area contributed by atoms with Crippen LogP contribution >= 0.6 is 0 Å². The molecule has 0 aromatic heterocycles. The summed E-state index contributed by atoms with van der Waals surface area (Å²) in [5, 5.41) is 5.02. The van der Waals surface area contributed by atoms with E-state index in [-0.39, 0.29) is 17.9 Å². The molecule has 1 aromatic carbocycles. The minimum atomic E-state index is -0.697. The number of hydrogen-bond donors (Lipinski definition) is 0. The first-order chi connectivity index (χ1) is 7.08. The lowest BCUT2D eigenvalue weighted by Crippen LogP contribution is -2.14. The van der Waals surface area contributed by atoms with Gasteiger partial charge in [-0.1, -0.05) is 0 Å². The molecule has 2 rings (SSSR count). The number of hydrazone groups is 1. The number of hydrogen-bond acceptors (Lipinski definition) is 2. The van der Waals surface area contributed by atoms with Gasteiger partial charge in [0, 0.05) is 18.7 Å². The van der Waals surface area contributed by atoms with E-state index in [2.05, 4.69) is 5.10 Å². The van der Waals surface area contributed by atoms with Gasteiger partial charge >= 0.3 is 0 Å². The highest BCUT2D eigenvalue weighted by Crippen LogP contribution is 2.17. The molecule has 0 atom stereocenters. The van der Waals surface area contributed by atoms with E-state index < -0.39 is 11.6 Å². The first-order valence-electron chi connectivity index (χ1n) is 4.37. The minimum absolute atomic E-state index is 0.0546. The highest BCUT2D eigenvalue weighted by Gasteiger charge is 2.23. The Morgan fingerprint density at radius 2 is 2.13 bits per heavy atom. The Labute approximate surface area is 85.0 Å². The zero-order valence-electron chi connectivity index (χ0n) is 8.00. The van der Waals surface area contributed by atoms with Crippen LogP contribution in [0, 0.1) is 11.6 Å². The molecule has 15 heavy (non-hydrogen) atoms. The molecular weight excluding hydrogens is 202 g/mol. The molecule has 5 heteroatoms. The third kappa shape index (κ3) is 1.72. The van der Waals surface area contributed by atoms with Gasteiger partial charge in [0.1, 0.15) is 11.6 Å². The highest BCUT2D eigenvalue weighted by molar-refractivity contribution is 6.13. The summed E-state index contributed by atoms with van der Waals surface area (Å²) in [6, 6.07) is 3.21. The van der Waals surface area contributed by atoms with E-state index in [9.17, 15) is 13.6 Å². The Kier molecular flexibility index (Phi) is 2.22. The van der Waals surface area contributed by atoms with E-state index in [0.29, 0.717) is 5.71 Å². The maximum absolute atomic E-state index is 13.3. The molecule has 0 saturated carbocycles. The topological polar surface area (TPSA) is 32.7 Å². The minimum Gasteiger partial charge on any atom is -0.273 e. The molecule has 0 bridgehead atoms.